The van der Waals surface area contributed by atoms with E-state index in [4.69, 9.17) is 11.6 Å². The molecule has 186 valence electrons. The number of nitrogens with one attached hydrogen (secondary N) is 1. The first-order valence-corrected chi connectivity index (χ1v) is 13.6. The summed E-state index contributed by atoms with van der Waals surface area (Å²) in [4.78, 5) is 28.0. The third-order valence-corrected chi connectivity index (χ3v) is 7.04. The van der Waals surface area contributed by atoms with E-state index in [1.165, 1.54) is 11.0 Å². The van der Waals surface area contributed by atoms with E-state index in [2.05, 4.69) is 5.32 Å². The standard InChI is InChI=1S/C25H34ClN3O4S/c1-6-13-27-25(31)23(7-2)28(16-20-10-8-9-18(3)14-20)24(30)17-29(34(5,32)33)21-12-11-19(4)22(26)15-21/h8-12,14-15,23H,6-7,13,16-17H2,1-5H3,(H,27,31). The maximum Gasteiger partial charge on any atom is 0.244 e. The molecule has 1 unspecified atom stereocenters. The summed E-state index contributed by atoms with van der Waals surface area (Å²) in [6, 6.07) is 11.8. The van der Waals surface area contributed by atoms with Crippen molar-refractivity contribution in [3.8, 4) is 0 Å². The predicted octanol–water partition coefficient (Wildman–Crippen LogP) is 4.06. The van der Waals surface area contributed by atoms with Crippen LogP contribution in [0.4, 0.5) is 5.69 Å². The van der Waals surface area contributed by atoms with Gasteiger partial charge in [0, 0.05) is 18.1 Å². The van der Waals surface area contributed by atoms with Crippen LogP contribution in [-0.2, 0) is 26.2 Å². The molecule has 1 N–H and O–H groups in total. The number of amides is 2. The van der Waals surface area contributed by atoms with Gasteiger partial charge in [0.05, 0.1) is 11.9 Å². The molecule has 2 rings (SSSR count). The molecular weight excluding hydrogens is 474 g/mol. The van der Waals surface area contributed by atoms with Gasteiger partial charge >= 0.3 is 0 Å². The Morgan fingerprint density at radius 2 is 1.79 bits per heavy atom. The fraction of sp³-hybridized carbons (Fsp3) is 0.440. The van der Waals surface area contributed by atoms with Crippen molar-refractivity contribution in [3.05, 3.63) is 64.2 Å². The summed E-state index contributed by atoms with van der Waals surface area (Å²) in [5.41, 5.74) is 2.98. The van der Waals surface area contributed by atoms with Gasteiger partial charge in [0.15, 0.2) is 0 Å². The van der Waals surface area contributed by atoms with E-state index in [1.807, 2.05) is 52.0 Å². The molecule has 0 aliphatic rings. The van der Waals surface area contributed by atoms with Crippen molar-refractivity contribution in [2.75, 3.05) is 23.7 Å². The van der Waals surface area contributed by atoms with Crippen LogP contribution in [0.3, 0.4) is 0 Å². The normalized spacial score (nSPS) is 12.2. The van der Waals surface area contributed by atoms with Crippen LogP contribution in [0.1, 0.15) is 43.4 Å². The monoisotopic (exact) mass is 507 g/mol. The Labute approximate surface area is 208 Å². The number of hydrogen-bond donors (Lipinski definition) is 1. The summed E-state index contributed by atoms with van der Waals surface area (Å²) in [6.07, 6.45) is 2.20. The van der Waals surface area contributed by atoms with E-state index < -0.39 is 28.5 Å². The van der Waals surface area contributed by atoms with E-state index in [0.29, 0.717) is 23.7 Å². The molecule has 1 atom stereocenters. The van der Waals surface area contributed by atoms with Crippen LogP contribution in [0.2, 0.25) is 5.02 Å². The van der Waals surface area contributed by atoms with Gasteiger partial charge in [-0.15, -0.1) is 0 Å². The maximum atomic E-state index is 13.6. The molecule has 0 aromatic heterocycles. The third kappa shape index (κ3) is 7.46. The van der Waals surface area contributed by atoms with Crippen LogP contribution in [0.25, 0.3) is 0 Å². The number of carbonyl (C=O) groups excluding carboxylic acids is 2. The SMILES string of the molecule is CCCNC(=O)C(CC)N(Cc1cccc(C)c1)C(=O)CN(c1ccc(C)c(Cl)c1)S(C)(=O)=O. The van der Waals surface area contributed by atoms with Crippen molar-refractivity contribution in [3.63, 3.8) is 0 Å². The summed E-state index contributed by atoms with van der Waals surface area (Å²) >= 11 is 6.22. The number of rotatable bonds is 11. The number of nitrogens with zero attached hydrogens (tertiary/aromatic N) is 2. The molecule has 0 bridgehead atoms. The van der Waals surface area contributed by atoms with Crippen LogP contribution >= 0.6 is 11.6 Å². The average molecular weight is 508 g/mol. The second-order valence-corrected chi connectivity index (χ2v) is 10.7. The molecule has 0 spiro atoms. The van der Waals surface area contributed by atoms with Crippen molar-refractivity contribution in [1.82, 2.24) is 10.2 Å². The van der Waals surface area contributed by atoms with Gasteiger partial charge in [-0.1, -0.05) is 61.3 Å². The summed E-state index contributed by atoms with van der Waals surface area (Å²) in [5.74, 6) is -0.725. The van der Waals surface area contributed by atoms with Gasteiger partial charge in [-0.3, -0.25) is 13.9 Å². The van der Waals surface area contributed by atoms with Gasteiger partial charge < -0.3 is 10.2 Å². The molecule has 0 saturated carbocycles. The third-order valence-electron chi connectivity index (χ3n) is 5.49. The minimum atomic E-state index is -3.80. The van der Waals surface area contributed by atoms with E-state index in [1.54, 1.807) is 12.1 Å². The molecule has 2 aromatic carbocycles. The molecule has 0 heterocycles. The highest BCUT2D eigenvalue weighted by atomic mass is 35.5. The van der Waals surface area contributed by atoms with E-state index in [0.717, 1.165) is 33.7 Å². The number of benzene rings is 2. The van der Waals surface area contributed by atoms with Crippen LogP contribution in [0.5, 0.6) is 0 Å². The van der Waals surface area contributed by atoms with Gasteiger partial charge in [-0.2, -0.15) is 0 Å². The molecule has 0 fully saturated rings. The van der Waals surface area contributed by atoms with Crippen molar-refractivity contribution in [1.29, 1.82) is 0 Å². The van der Waals surface area contributed by atoms with Crippen molar-refractivity contribution in [2.24, 2.45) is 0 Å². The molecule has 0 aliphatic heterocycles. The van der Waals surface area contributed by atoms with Crippen LogP contribution in [0, 0.1) is 13.8 Å². The molecule has 0 radical (unpaired) electrons. The quantitative estimate of drug-likeness (QED) is 0.497. The first-order chi connectivity index (χ1) is 16.0. The summed E-state index contributed by atoms with van der Waals surface area (Å²) < 4.78 is 26.3. The summed E-state index contributed by atoms with van der Waals surface area (Å²) in [7, 11) is -3.80. The number of halogens is 1. The van der Waals surface area contributed by atoms with Gasteiger partial charge in [-0.25, -0.2) is 8.42 Å². The van der Waals surface area contributed by atoms with Crippen molar-refractivity contribution in [2.45, 2.75) is 53.1 Å². The number of aryl methyl sites for hydroxylation is 2. The number of sulfonamides is 1. The Kier molecular flexibility index (Phi) is 9.94. The Morgan fingerprint density at radius 1 is 1.09 bits per heavy atom. The molecule has 2 aromatic rings. The molecule has 34 heavy (non-hydrogen) atoms. The smallest absolute Gasteiger partial charge is 0.244 e. The highest BCUT2D eigenvalue weighted by Gasteiger charge is 2.31. The lowest BCUT2D eigenvalue weighted by Gasteiger charge is -2.33. The Hall–Kier alpha value is -2.58. The molecule has 7 nitrogen and oxygen atoms in total. The second kappa shape index (κ2) is 12.2. The van der Waals surface area contributed by atoms with E-state index >= 15 is 0 Å². The average Bonchev–Trinajstić information content (AvgIpc) is 2.77. The second-order valence-electron chi connectivity index (χ2n) is 8.43. The Morgan fingerprint density at radius 3 is 2.35 bits per heavy atom. The molecule has 2 amide bonds. The number of anilines is 1. The summed E-state index contributed by atoms with van der Waals surface area (Å²) in [5, 5.41) is 3.27. The first-order valence-electron chi connectivity index (χ1n) is 11.3. The lowest BCUT2D eigenvalue weighted by Crippen LogP contribution is -2.52. The van der Waals surface area contributed by atoms with Gasteiger partial charge in [0.2, 0.25) is 21.8 Å². The highest BCUT2D eigenvalue weighted by molar-refractivity contribution is 7.92. The largest absolute Gasteiger partial charge is 0.354 e. The lowest BCUT2D eigenvalue weighted by molar-refractivity contribution is -0.140. The number of carbonyl (C=O) groups is 2. The van der Waals surface area contributed by atoms with Crippen molar-refractivity contribution >= 4 is 39.1 Å². The molecule has 0 saturated heterocycles. The van der Waals surface area contributed by atoms with E-state index in [9.17, 15) is 18.0 Å². The van der Waals surface area contributed by atoms with Crippen LogP contribution < -0.4 is 9.62 Å². The van der Waals surface area contributed by atoms with E-state index in [-0.39, 0.29) is 12.5 Å². The fourth-order valence-corrected chi connectivity index (χ4v) is 4.66. The van der Waals surface area contributed by atoms with Gasteiger partial charge in [0.1, 0.15) is 12.6 Å². The molecule has 0 aliphatic carbocycles. The maximum absolute atomic E-state index is 13.6. The Bertz CT molecular complexity index is 1120. The van der Waals surface area contributed by atoms with Crippen molar-refractivity contribution < 1.29 is 18.0 Å². The first kappa shape index (κ1) is 27.7. The predicted molar refractivity (Wildman–Crippen MR) is 137 cm³/mol. The van der Waals surface area contributed by atoms with Gasteiger partial charge in [0.25, 0.3) is 0 Å². The summed E-state index contributed by atoms with van der Waals surface area (Å²) in [6.45, 7) is 7.79. The zero-order valence-corrected chi connectivity index (χ0v) is 22.0. The minimum Gasteiger partial charge on any atom is -0.354 e. The molecular formula is C25H34ClN3O4S. The Balaban J connectivity index is 2.44. The zero-order valence-electron chi connectivity index (χ0n) is 20.5. The zero-order chi connectivity index (χ0) is 25.5. The molecule has 9 heteroatoms. The van der Waals surface area contributed by atoms with Gasteiger partial charge in [-0.05, 0) is 49.9 Å². The van der Waals surface area contributed by atoms with Crippen LogP contribution in [-0.4, -0.2) is 50.5 Å². The highest BCUT2D eigenvalue weighted by Crippen LogP contribution is 2.25. The minimum absolute atomic E-state index is 0.185. The topological polar surface area (TPSA) is 86.8 Å². The lowest BCUT2D eigenvalue weighted by atomic mass is 10.1. The van der Waals surface area contributed by atoms with Crippen LogP contribution in [0.15, 0.2) is 42.5 Å². The fourth-order valence-electron chi connectivity index (χ4n) is 3.64. The number of hydrogen-bond acceptors (Lipinski definition) is 4.